The molecule has 170 valence electrons. The first-order valence-corrected chi connectivity index (χ1v) is 12.2. The molecule has 3 aliphatic rings. The summed E-state index contributed by atoms with van der Waals surface area (Å²) in [6.45, 7) is 5.79. The molecule has 2 amide bonds. The van der Waals surface area contributed by atoms with Gasteiger partial charge in [-0.05, 0) is 82.5 Å². The summed E-state index contributed by atoms with van der Waals surface area (Å²) in [5.41, 5.74) is 4.38. The Labute approximate surface area is 192 Å². The van der Waals surface area contributed by atoms with E-state index in [9.17, 15) is 4.79 Å². The molecule has 0 unspecified atom stereocenters. The number of anilines is 1. The van der Waals surface area contributed by atoms with Crippen LogP contribution in [0.2, 0.25) is 0 Å². The van der Waals surface area contributed by atoms with Crippen molar-refractivity contribution < 1.29 is 4.79 Å². The molecule has 5 rings (SSSR count). The third-order valence-electron chi connectivity index (χ3n) is 8.50. The van der Waals surface area contributed by atoms with Crippen LogP contribution in [0.25, 0.3) is 0 Å². The van der Waals surface area contributed by atoms with Gasteiger partial charge in [-0.3, -0.25) is 9.88 Å². The van der Waals surface area contributed by atoms with Crippen LogP contribution in [0.5, 0.6) is 0 Å². The maximum Gasteiger partial charge on any atom is 0.325 e. The Morgan fingerprint density at radius 3 is 2.41 bits per heavy atom. The van der Waals surface area contributed by atoms with Crippen molar-refractivity contribution >= 4 is 11.7 Å². The molecule has 5 nitrogen and oxygen atoms in total. The highest BCUT2D eigenvalue weighted by molar-refractivity contribution is 5.96. The van der Waals surface area contributed by atoms with Gasteiger partial charge in [-0.2, -0.15) is 0 Å². The van der Waals surface area contributed by atoms with Crippen LogP contribution in [-0.2, 0) is 5.54 Å². The zero-order valence-electron chi connectivity index (χ0n) is 19.7. The van der Waals surface area contributed by atoms with Gasteiger partial charge in [0.25, 0.3) is 0 Å². The van der Waals surface area contributed by atoms with E-state index in [1.165, 1.54) is 24.8 Å². The van der Waals surface area contributed by atoms with Gasteiger partial charge in [0, 0.05) is 17.8 Å². The number of carbonyl (C=O) groups excluding carboxylic acids is 1. The largest absolute Gasteiger partial charge is 0.325 e. The van der Waals surface area contributed by atoms with Crippen molar-refractivity contribution in [2.45, 2.75) is 69.9 Å². The fourth-order valence-electron chi connectivity index (χ4n) is 6.17. The summed E-state index contributed by atoms with van der Waals surface area (Å²) in [6, 6.07) is 13.1. The van der Waals surface area contributed by atoms with Crippen molar-refractivity contribution in [3.05, 3.63) is 59.4 Å². The Balaban J connectivity index is 1.45. The van der Waals surface area contributed by atoms with E-state index in [2.05, 4.69) is 65.6 Å². The van der Waals surface area contributed by atoms with Gasteiger partial charge in [-0.15, -0.1) is 0 Å². The highest BCUT2D eigenvalue weighted by Gasteiger charge is 2.54. The lowest BCUT2D eigenvalue weighted by atomic mass is 9.68. The summed E-state index contributed by atoms with van der Waals surface area (Å²) in [6.07, 6.45) is 9.86. The van der Waals surface area contributed by atoms with Crippen molar-refractivity contribution in [1.29, 1.82) is 0 Å². The Bertz CT molecular complexity index is 976. The number of aryl methyl sites for hydroxylation is 2. The predicted octanol–water partition coefficient (Wildman–Crippen LogP) is 5.17. The third kappa shape index (κ3) is 3.51. The van der Waals surface area contributed by atoms with Crippen LogP contribution < -0.4 is 10.2 Å². The van der Waals surface area contributed by atoms with Gasteiger partial charge in [0.2, 0.25) is 0 Å². The zero-order chi connectivity index (χ0) is 22.3. The summed E-state index contributed by atoms with van der Waals surface area (Å²) in [5.74, 6) is 0.665. The quantitative estimate of drug-likeness (QED) is 0.709. The molecule has 1 aromatic heterocycles. The van der Waals surface area contributed by atoms with E-state index >= 15 is 0 Å². The smallest absolute Gasteiger partial charge is 0.317 e. The molecule has 1 saturated heterocycles. The fourth-order valence-corrected chi connectivity index (χ4v) is 6.17. The van der Waals surface area contributed by atoms with Crippen molar-refractivity contribution in [3.8, 4) is 0 Å². The highest BCUT2D eigenvalue weighted by Crippen LogP contribution is 2.48. The SMILES string of the molecule is CNC1(c2ccccc2)CCC2(CC1)CN(c1cnc(C)cc1C)C(=O)N2CC1CCC1. The summed E-state index contributed by atoms with van der Waals surface area (Å²) in [7, 11) is 2.09. The van der Waals surface area contributed by atoms with Crippen LogP contribution >= 0.6 is 0 Å². The summed E-state index contributed by atoms with van der Waals surface area (Å²) < 4.78 is 0. The second kappa shape index (κ2) is 8.18. The molecule has 3 fully saturated rings. The van der Waals surface area contributed by atoms with Crippen molar-refractivity contribution in [3.63, 3.8) is 0 Å². The lowest BCUT2D eigenvalue weighted by Gasteiger charge is -2.49. The van der Waals surface area contributed by atoms with Crippen LogP contribution in [0.3, 0.4) is 0 Å². The number of carbonyl (C=O) groups is 1. The molecule has 1 N–H and O–H groups in total. The molecule has 0 atom stereocenters. The Hall–Kier alpha value is -2.40. The van der Waals surface area contributed by atoms with Crippen LogP contribution in [0, 0.1) is 19.8 Å². The lowest BCUT2D eigenvalue weighted by molar-refractivity contribution is 0.0593. The van der Waals surface area contributed by atoms with Crippen LogP contribution in [0.1, 0.15) is 61.8 Å². The summed E-state index contributed by atoms with van der Waals surface area (Å²) in [5, 5.41) is 3.66. The van der Waals surface area contributed by atoms with Gasteiger partial charge < -0.3 is 10.2 Å². The maximum atomic E-state index is 13.8. The average Bonchev–Trinajstić information content (AvgIpc) is 3.03. The number of hydrogen-bond acceptors (Lipinski definition) is 3. The molecule has 2 aromatic rings. The van der Waals surface area contributed by atoms with E-state index in [4.69, 9.17) is 0 Å². The molecule has 2 aliphatic carbocycles. The minimum atomic E-state index is -0.0842. The van der Waals surface area contributed by atoms with E-state index in [0.717, 1.165) is 55.7 Å². The first-order chi connectivity index (χ1) is 15.5. The lowest BCUT2D eigenvalue weighted by Crippen LogP contribution is -2.56. The first kappa shape index (κ1) is 21.4. The molecule has 2 saturated carbocycles. The number of amides is 2. The molecular weight excluding hydrogens is 396 g/mol. The Morgan fingerprint density at radius 2 is 1.81 bits per heavy atom. The van der Waals surface area contributed by atoms with Gasteiger partial charge in [-0.25, -0.2) is 4.79 Å². The van der Waals surface area contributed by atoms with Crippen LogP contribution in [0.4, 0.5) is 10.5 Å². The molecule has 0 radical (unpaired) electrons. The fraction of sp³-hybridized carbons (Fsp3) is 0.556. The Kier molecular flexibility index (Phi) is 5.48. The second-order valence-corrected chi connectivity index (χ2v) is 10.3. The molecular formula is C27H36N4O. The number of aromatic nitrogens is 1. The van der Waals surface area contributed by atoms with Crippen molar-refractivity contribution in [2.24, 2.45) is 5.92 Å². The number of benzene rings is 1. The Morgan fingerprint density at radius 1 is 1.09 bits per heavy atom. The van der Waals surface area contributed by atoms with Gasteiger partial charge >= 0.3 is 6.03 Å². The van der Waals surface area contributed by atoms with E-state index in [1.54, 1.807) is 0 Å². The number of nitrogens with one attached hydrogen (secondary N) is 1. The first-order valence-electron chi connectivity index (χ1n) is 12.2. The number of pyridine rings is 1. The molecule has 0 bridgehead atoms. The van der Waals surface area contributed by atoms with E-state index in [-0.39, 0.29) is 17.1 Å². The van der Waals surface area contributed by atoms with Crippen molar-refractivity contribution in [1.82, 2.24) is 15.2 Å². The van der Waals surface area contributed by atoms with Gasteiger partial charge in [-0.1, -0.05) is 36.8 Å². The van der Waals surface area contributed by atoms with Crippen molar-refractivity contribution in [2.75, 3.05) is 25.0 Å². The number of nitrogens with zero attached hydrogens (tertiary/aromatic N) is 3. The molecule has 5 heteroatoms. The maximum absolute atomic E-state index is 13.8. The van der Waals surface area contributed by atoms with E-state index < -0.39 is 0 Å². The van der Waals surface area contributed by atoms with Gasteiger partial charge in [0.1, 0.15) is 0 Å². The number of hydrogen-bond donors (Lipinski definition) is 1. The van der Waals surface area contributed by atoms with Crippen LogP contribution in [0.15, 0.2) is 42.6 Å². The molecule has 1 aliphatic heterocycles. The summed E-state index contributed by atoms with van der Waals surface area (Å²) >= 11 is 0. The third-order valence-corrected chi connectivity index (χ3v) is 8.50. The molecule has 1 spiro atoms. The standard InChI is InChI=1S/C27H36N4O/c1-20-16-21(2)29-17-24(20)30-19-26(31(25(30)32)18-22-8-7-9-22)12-14-27(28-3,15-13-26)23-10-5-4-6-11-23/h4-6,10-11,16-17,22,28H,7-9,12-15,18-19H2,1-3H3. The highest BCUT2D eigenvalue weighted by atomic mass is 16.2. The minimum absolute atomic E-state index is 0.00749. The van der Waals surface area contributed by atoms with Crippen LogP contribution in [-0.4, -0.2) is 41.6 Å². The number of rotatable bonds is 5. The van der Waals surface area contributed by atoms with E-state index in [0.29, 0.717) is 5.92 Å². The molecule has 2 heterocycles. The molecule has 32 heavy (non-hydrogen) atoms. The normalized spacial score (nSPS) is 28.4. The molecule has 1 aromatic carbocycles. The number of urea groups is 1. The second-order valence-electron chi connectivity index (χ2n) is 10.3. The average molecular weight is 433 g/mol. The van der Waals surface area contributed by atoms with E-state index in [1.807, 2.05) is 18.0 Å². The monoisotopic (exact) mass is 432 g/mol. The zero-order valence-corrected chi connectivity index (χ0v) is 19.7. The topological polar surface area (TPSA) is 48.5 Å². The predicted molar refractivity (Wildman–Crippen MR) is 129 cm³/mol. The van der Waals surface area contributed by atoms with Gasteiger partial charge in [0.05, 0.1) is 24.0 Å². The van der Waals surface area contributed by atoms with Gasteiger partial charge in [0.15, 0.2) is 0 Å². The minimum Gasteiger partial charge on any atom is -0.317 e. The summed E-state index contributed by atoms with van der Waals surface area (Å²) in [4.78, 5) is 22.6.